The van der Waals surface area contributed by atoms with E-state index in [9.17, 15) is 10.2 Å². The standard InChI is InChI=1S/C19H21NO2.ClH/c1-2-9-20-10-8-15-11-18(21)19(22)12-16(15)17(13-20)14-6-4-3-5-7-14;/h2-7,11-12,17,21-22H,1,8-10,13H2;1H. The smallest absolute Gasteiger partial charge is 0.157 e. The van der Waals surface area contributed by atoms with Gasteiger partial charge in [-0.1, -0.05) is 36.4 Å². The van der Waals surface area contributed by atoms with Crippen LogP contribution < -0.4 is 0 Å². The summed E-state index contributed by atoms with van der Waals surface area (Å²) in [7, 11) is 0. The maximum absolute atomic E-state index is 9.92. The molecule has 0 amide bonds. The fourth-order valence-electron chi connectivity index (χ4n) is 3.22. The molecule has 0 saturated heterocycles. The molecular weight excluding hydrogens is 310 g/mol. The molecule has 0 fully saturated rings. The fraction of sp³-hybridized carbons (Fsp3) is 0.263. The zero-order chi connectivity index (χ0) is 15.5. The van der Waals surface area contributed by atoms with E-state index in [1.807, 2.05) is 24.3 Å². The van der Waals surface area contributed by atoms with Gasteiger partial charge in [-0.3, -0.25) is 4.90 Å². The summed E-state index contributed by atoms with van der Waals surface area (Å²) < 4.78 is 0. The molecule has 3 rings (SSSR count). The predicted molar refractivity (Wildman–Crippen MR) is 95.6 cm³/mol. The fourth-order valence-corrected chi connectivity index (χ4v) is 3.22. The summed E-state index contributed by atoms with van der Waals surface area (Å²) in [5.74, 6) is 0.102. The number of rotatable bonds is 3. The van der Waals surface area contributed by atoms with Gasteiger partial charge in [0.1, 0.15) is 0 Å². The molecule has 1 unspecified atom stereocenters. The van der Waals surface area contributed by atoms with Crippen molar-refractivity contribution in [3.05, 3.63) is 71.8 Å². The molecule has 122 valence electrons. The zero-order valence-corrected chi connectivity index (χ0v) is 13.8. The number of fused-ring (bicyclic) bond motifs is 1. The Morgan fingerprint density at radius 1 is 1.13 bits per heavy atom. The highest BCUT2D eigenvalue weighted by atomic mass is 35.5. The molecule has 4 heteroatoms. The second-order valence-corrected chi connectivity index (χ2v) is 5.80. The minimum Gasteiger partial charge on any atom is -0.504 e. The number of nitrogens with zero attached hydrogens (tertiary/aromatic N) is 1. The van der Waals surface area contributed by atoms with E-state index < -0.39 is 0 Å². The van der Waals surface area contributed by atoms with Crippen molar-refractivity contribution in [2.75, 3.05) is 19.6 Å². The van der Waals surface area contributed by atoms with Gasteiger partial charge in [-0.25, -0.2) is 0 Å². The van der Waals surface area contributed by atoms with Gasteiger partial charge in [-0.05, 0) is 35.2 Å². The Labute approximate surface area is 143 Å². The molecule has 1 heterocycles. The Hall–Kier alpha value is -1.97. The molecule has 2 N–H and O–H groups in total. The van der Waals surface area contributed by atoms with Crippen molar-refractivity contribution < 1.29 is 10.2 Å². The first-order chi connectivity index (χ1) is 10.7. The van der Waals surface area contributed by atoms with Crippen molar-refractivity contribution in [1.82, 2.24) is 4.90 Å². The molecule has 2 aromatic rings. The summed E-state index contributed by atoms with van der Waals surface area (Å²) >= 11 is 0. The second-order valence-electron chi connectivity index (χ2n) is 5.80. The van der Waals surface area contributed by atoms with E-state index in [1.165, 1.54) is 5.56 Å². The zero-order valence-electron chi connectivity index (χ0n) is 13.0. The van der Waals surface area contributed by atoms with Gasteiger partial charge in [0.2, 0.25) is 0 Å². The lowest BCUT2D eigenvalue weighted by molar-refractivity contribution is 0.306. The van der Waals surface area contributed by atoms with Gasteiger partial charge in [0.15, 0.2) is 11.5 Å². The van der Waals surface area contributed by atoms with Crippen molar-refractivity contribution in [3.63, 3.8) is 0 Å². The van der Waals surface area contributed by atoms with E-state index in [0.29, 0.717) is 0 Å². The summed E-state index contributed by atoms with van der Waals surface area (Å²) in [6.45, 7) is 6.49. The Morgan fingerprint density at radius 2 is 1.83 bits per heavy atom. The number of hydrogen-bond donors (Lipinski definition) is 2. The molecule has 0 radical (unpaired) electrons. The van der Waals surface area contributed by atoms with Crippen molar-refractivity contribution in [2.45, 2.75) is 12.3 Å². The van der Waals surface area contributed by atoms with Crippen molar-refractivity contribution in [1.29, 1.82) is 0 Å². The molecule has 1 aliphatic rings. The molecule has 1 atom stereocenters. The molecule has 0 aliphatic carbocycles. The lowest BCUT2D eigenvalue weighted by Gasteiger charge is -2.24. The number of phenols is 2. The number of aromatic hydroxyl groups is 2. The van der Waals surface area contributed by atoms with Gasteiger partial charge < -0.3 is 10.2 Å². The first-order valence-corrected chi connectivity index (χ1v) is 7.62. The van der Waals surface area contributed by atoms with Crippen molar-refractivity contribution in [2.24, 2.45) is 0 Å². The number of halogens is 1. The van der Waals surface area contributed by atoms with Crippen molar-refractivity contribution in [3.8, 4) is 11.5 Å². The summed E-state index contributed by atoms with van der Waals surface area (Å²) in [4.78, 5) is 2.36. The van der Waals surface area contributed by atoms with Crippen LogP contribution in [0.4, 0.5) is 0 Å². The van der Waals surface area contributed by atoms with E-state index in [2.05, 4.69) is 23.6 Å². The molecule has 0 aromatic heterocycles. The monoisotopic (exact) mass is 331 g/mol. The highest BCUT2D eigenvalue weighted by molar-refractivity contribution is 5.85. The van der Waals surface area contributed by atoms with Gasteiger partial charge in [0.05, 0.1) is 0 Å². The Kier molecular flexibility index (Phi) is 5.69. The van der Waals surface area contributed by atoms with Crippen molar-refractivity contribution >= 4 is 12.4 Å². The minimum atomic E-state index is -0.0446. The molecule has 0 bridgehead atoms. The van der Waals surface area contributed by atoms with Crippen LogP contribution in [0, 0.1) is 0 Å². The van der Waals surface area contributed by atoms with E-state index in [1.54, 1.807) is 12.1 Å². The normalized spacial score (nSPS) is 17.7. The van der Waals surface area contributed by atoms with Gasteiger partial charge >= 0.3 is 0 Å². The molecule has 0 saturated carbocycles. The van der Waals surface area contributed by atoms with Gasteiger partial charge in [-0.2, -0.15) is 0 Å². The Bertz CT molecular complexity index is 673. The maximum Gasteiger partial charge on any atom is 0.157 e. The summed E-state index contributed by atoms with van der Waals surface area (Å²) in [5.41, 5.74) is 3.44. The molecule has 3 nitrogen and oxygen atoms in total. The number of hydrogen-bond acceptors (Lipinski definition) is 3. The second kappa shape index (κ2) is 7.53. The van der Waals surface area contributed by atoms with E-state index in [4.69, 9.17) is 0 Å². The van der Waals surface area contributed by atoms with Crippen LogP contribution in [-0.2, 0) is 6.42 Å². The van der Waals surface area contributed by atoms with Crippen LogP contribution >= 0.6 is 12.4 Å². The van der Waals surface area contributed by atoms with E-state index in [0.717, 1.165) is 37.2 Å². The van der Waals surface area contributed by atoms with Gasteiger partial charge in [-0.15, -0.1) is 19.0 Å². The topological polar surface area (TPSA) is 43.7 Å². The largest absolute Gasteiger partial charge is 0.504 e. The van der Waals surface area contributed by atoms with Crippen LogP contribution in [0.3, 0.4) is 0 Å². The van der Waals surface area contributed by atoms with Crippen LogP contribution in [0.2, 0.25) is 0 Å². The number of phenolic OH excluding ortho intramolecular Hbond substituents is 2. The van der Waals surface area contributed by atoms with E-state index in [-0.39, 0.29) is 29.8 Å². The average Bonchev–Trinajstić information content (AvgIpc) is 2.70. The SMILES string of the molecule is C=CCN1CCc2cc(O)c(O)cc2C(c2ccccc2)C1.Cl. The Balaban J connectivity index is 0.00000192. The first-order valence-electron chi connectivity index (χ1n) is 7.62. The molecule has 23 heavy (non-hydrogen) atoms. The molecule has 2 aromatic carbocycles. The van der Waals surface area contributed by atoms with Crippen LogP contribution in [0.15, 0.2) is 55.1 Å². The molecular formula is C19H22ClNO2. The minimum absolute atomic E-state index is 0. The maximum atomic E-state index is 9.92. The Morgan fingerprint density at radius 3 is 2.52 bits per heavy atom. The van der Waals surface area contributed by atoms with Crippen LogP contribution in [0.5, 0.6) is 11.5 Å². The lowest BCUT2D eigenvalue weighted by Crippen LogP contribution is -2.28. The lowest BCUT2D eigenvalue weighted by atomic mass is 9.87. The average molecular weight is 332 g/mol. The quantitative estimate of drug-likeness (QED) is 0.666. The van der Waals surface area contributed by atoms with Gasteiger partial charge in [0.25, 0.3) is 0 Å². The third kappa shape index (κ3) is 3.69. The van der Waals surface area contributed by atoms with Gasteiger partial charge in [0, 0.05) is 25.6 Å². The highest BCUT2D eigenvalue weighted by Crippen LogP contribution is 2.37. The van der Waals surface area contributed by atoms with E-state index >= 15 is 0 Å². The summed E-state index contributed by atoms with van der Waals surface area (Å²) in [5, 5.41) is 19.7. The van der Waals surface area contributed by atoms with Crippen LogP contribution in [0.25, 0.3) is 0 Å². The van der Waals surface area contributed by atoms with Crippen LogP contribution in [0.1, 0.15) is 22.6 Å². The summed E-state index contributed by atoms with van der Waals surface area (Å²) in [6, 6.07) is 13.8. The predicted octanol–water partition coefficient (Wildman–Crippen LogP) is 3.70. The third-order valence-electron chi connectivity index (χ3n) is 4.34. The molecule has 0 spiro atoms. The highest BCUT2D eigenvalue weighted by Gasteiger charge is 2.25. The third-order valence-corrected chi connectivity index (χ3v) is 4.34. The number of benzene rings is 2. The summed E-state index contributed by atoms with van der Waals surface area (Å²) in [6.07, 6.45) is 2.79. The molecule has 1 aliphatic heterocycles. The first kappa shape index (κ1) is 17.4. The van der Waals surface area contributed by atoms with Crippen LogP contribution in [-0.4, -0.2) is 34.7 Å².